The molecule has 0 nitrogen and oxygen atoms in total. The van der Waals surface area contributed by atoms with Gasteiger partial charge in [-0.3, -0.25) is 0 Å². The second kappa shape index (κ2) is 3.40. The van der Waals surface area contributed by atoms with Crippen molar-refractivity contribution in [1.29, 1.82) is 0 Å². The highest BCUT2D eigenvalue weighted by Crippen LogP contribution is 2.17. The summed E-state index contributed by atoms with van der Waals surface area (Å²) in [6.45, 7) is 0. The maximum absolute atomic E-state index is 2.25. The molecule has 0 heteroatoms. The third-order valence-electron chi connectivity index (χ3n) is 1.96. The van der Waals surface area contributed by atoms with Crippen LogP contribution in [0.15, 0.2) is 54.6 Å². The van der Waals surface area contributed by atoms with Gasteiger partial charge in [0.25, 0.3) is 0 Å². The normalized spacial score (nSPS) is 15.7. The molecule has 0 atom stereocenters. The molecular weight excluding hydrogens is 144 g/mol. The SMILES string of the molecule is [CH](c1ccccc1)C1C=CC=C1. The lowest BCUT2D eigenvalue weighted by Crippen LogP contribution is -1.91. The Balaban J connectivity index is 2.04. The molecule has 0 spiro atoms. The zero-order chi connectivity index (χ0) is 8.23. The van der Waals surface area contributed by atoms with E-state index in [4.69, 9.17) is 0 Å². The lowest BCUT2D eigenvalue weighted by Gasteiger charge is -2.03. The first-order chi connectivity index (χ1) is 5.95. The summed E-state index contributed by atoms with van der Waals surface area (Å²) in [5.74, 6) is 0.493. The van der Waals surface area contributed by atoms with Gasteiger partial charge in [-0.15, -0.1) is 0 Å². The first-order valence-corrected chi connectivity index (χ1v) is 4.20. The standard InChI is InChI=1S/C12H11/c1-2-6-11(7-3-1)10-12-8-4-5-9-12/h1-10,12H. The van der Waals surface area contributed by atoms with Crippen LogP contribution in [0.5, 0.6) is 0 Å². The van der Waals surface area contributed by atoms with Crippen LogP contribution in [0.2, 0.25) is 0 Å². The third kappa shape index (κ3) is 1.65. The van der Waals surface area contributed by atoms with Crippen molar-refractivity contribution in [2.75, 3.05) is 0 Å². The summed E-state index contributed by atoms with van der Waals surface area (Å²) in [5.41, 5.74) is 1.29. The van der Waals surface area contributed by atoms with Gasteiger partial charge in [0.05, 0.1) is 0 Å². The molecule has 0 aromatic heterocycles. The second-order valence-corrected chi connectivity index (χ2v) is 2.92. The maximum Gasteiger partial charge on any atom is 0.00277 e. The van der Waals surface area contributed by atoms with Crippen LogP contribution in [0, 0.1) is 12.3 Å². The van der Waals surface area contributed by atoms with Gasteiger partial charge in [0, 0.05) is 12.3 Å². The third-order valence-corrected chi connectivity index (χ3v) is 1.96. The highest BCUT2D eigenvalue weighted by molar-refractivity contribution is 5.31. The van der Waals surface area contributed by atoms with E-state index >= 15 is 0 Å². The number of allylic oxidation sites excluding steroid dienone is 4. The molecule has 0 saturated heterocycles. The Kier molecular flexibility index (Phi) is 2.08. The molecule has 59 valence electrons. The Morgan fingerprint density at radius 3 is 2.25 bits per heavy atom. The number of rotatable bonds is 2. The molecule has 1 aromatic rings. The van der Waals surface area contributed by atoms with E-state index in [9.17, 15) is 0 Å². The molecule has 0 amide bonds. The quantitative estimate of drug-likeness (QED) is 0.616. The van der Waals surface area contributed by atoms with Crippen LogP contribution in [0.25, 0.3) is 0 Å². The Morgan fingerprint density at radius 2 is 1.58 bits per heavy atom. The summed E-state index contributed by atoms with van der Waals surface area (Å²) < 4.78 is 0. The maximum atomic E-state index is 2.25. The molecule has 0 aliphatic heterocycles. The monoisotopic (exact) mass is 155 g/mol. The molecular formula is C12H11. The summed E-state index contributed by atoms with van der Waals surface area (Å²) in [5, 5.41) is 0. The van der Waals surface area contributed by atoms with Crippen molar-refractivity contribution in [3.8, 4) is 0 Å². The van der Waals surface area contributed by atoms with Gasteiger partial charge in [-0.05, 0) is 5.56 Å². The fraction of sp³-hybridized carbons (Fsp3) is 0.0833. The van der Waals surface area contributed by atoms with Crippen molar-refractivity contribution in [1.82, 2.24) is 0 Å². The molecule has 0 N–H and O–H groups in total. The Bertz CT molecular complexity index is 281. The van der Waals surface area contributed by atoms with Gasteiger partial charge in [-0.1, -0.05) is 54.6 Å². The fourth-order valence-corrected chi connectivity index (χ4v) is 1.35. The van der Waals surface area contributed by atoms with E-state index in [0.29, 0.717) is 5.92 Å². The van der Waals surface area contributed by atoms with Gasteiger partial charge in [0.15, 0.2) is 0 Å². The van der Waals surface area contributed by atoms with Crippen molar-refractivity contribution in [2.45, 2.75) is 0 Å². The lowest BCUT2D eigenvalue weighted by atomic mass is 10.0. The Hall–Kier alpha value is -1.30. The predicted molar refractivity (Wildman–Crippen MR) is 51.6 cm³/mol. The largest absolute Gasteiger partial charge is 0.0770 e. The van der Waals surface area contributed by atoms with E-state index in [0.717, 1.165) is 0 Å². The number of hydrogen-bond donors (Lipinski definition) is 0. The molecule has 0 fully saturated rings. The first-order valence-electron chi connectivity index (χ1n) is 4.20. The van der Waals surface area contributed by atoms with Crippen molar-refractivity contribution >= 4 is 0 Å². The average Bonchev–Trinajstić information content (AvgIpc) is 2.59. The Morgan fingerprint density at radius 1 is 0.917 bits per heavy atom. The van der Waals surface area contributed by atoms with Crippen LogP contribution < -0.4 is 0 Å². The Labute approximate surface area is 73.2 Å². The van der Waals surface area contributed by atoms with Crippen molar-refractivity contribution in [3.05, 3.63) is 66.6 Å². The van der Waals surface area contributed by atoms with Crippen molar-refractivity contribution in [2.24, 2.45) is 5.92 Å². The molecule has 1 aliphatic carbocycles. The van der Waals surface area contributed by atoms with Crippen molar-refractivity contribution < 1.29 is 0 Å². The van der Waals surface area contributed by atoms with Gasteiger partial charge >= 0.3 is 0 Å². The summed E-state index contributed by atoms with van der Waals surface area (Å²) >= 11 is 0. The van der Waals surface area contributed by atoms with Crippen LogP contribution in [-0.4, -0.2) is 0 Å². The van der Waals surface area contributed by atoms with E-state index in [-0.39, 0.29) is 0 Å². The summed E-state index contributed by atoms with van der Waals surface area (Å²) in [6.07, 6.45) is 10.8. The highest BCUT2D eigenvalue weighted by atomic mass is 14.1. The number of benzene rings is 1. The summed E-state index contributed by atoms with van der Waals surface area (Å²) in [6, 6.07) is 10.4. The molecule has 0 saturated carbocycles. The van der Waals surface area contributed by atoms with E-state index in [1.54, 1.807) is 0 Å². The fourth-order valence-electron chi connectivity index (χ4n) is 1.35. The van der Waals surface area contributed by atoms with E-state index in [2.05, 4.69) is 55.0 Å². The minimum atomic E-state index is 0.493. The van der Waals surface area contributed by atoms with Gasteiger partial charge in [-0.25, -0.2) is 0 Å². The van der Waals surface area contributed by atoms with Gasteiger partial charge in [-0.2, -0.15) is 0 Å². The van der Waals surface area contributed by atoms with E-state index < -0.39 is 0 Å². The van der Waals surface area contributed by atoms with Crippen LogP contribution in [0.3, 0.4) is 0 Å². The highest BCUT2D eigenvalue weighted by Gasteiger charge is 2.03. The molecule has 1 radical (unpaired) electrons. The van der Waals surface area contributed by atoms with Crippen LogP contribution in [0.1, 0.15) is 5.56 Å². The van der Waals surface area contributed by atoms with Crippen molar-refractivity contribution in [3.63, 3.8) is 0 Å². The zero-order valence-corrected chi connectivity index (χ0v) is 6.85. The summed E-state index contributed by atoms with van der Waals surface area (Å²) in [4.78, 5) is 0. The van der Waals surface area contributed by atoms with E-state index in [1.807, 2.05) is 6.07 Å². The van der Waals surface area contributed by atoms with Crippen LogP contribution >= 0.6 is 0 Å². The molecule has 0 unspecified atom stereocenters. The van der Waals surface area contributed by atoms with Crippen LogP contribution in [-0.2, 0) is 0 Å². The molecule has 0 bridgehead atoms. The number of hydrogen-bond acceptors (Lipinski definition) is 0. The zero-order valence-electron chi connectivity index (χ0n) is 6.85. The average molecular weight is 155 g/mol. The first kappa shape index (κ1) is 7.35. The molecule has 2 rings (SSSR count). The molecule has 1 aromatic carbocycles. The lowest BCUT2D eigenvalue weighted by molar-refractivity contribution is 1.00. The van der Waals surface area contributed by atoms with Gasteiger partial charge < -0.3 is 0 Å². The van der Waals surface area contributed by atoms with Crippen LogP contribution in [0.4, 0.5) is 0 Å². The minimum absolute atomic E-state index is 0.493. The van der Waals surface area contributed by atoms with Gasteiger partial charge in [0.2, 0.25) is 0 Å². The molecule has 0 heterocycles. The minimum Gasteiger partial charge on any atom is -0.0770 e. The topological polar surface area (TPSA) is 0 Å². The summed E-state index contributed by atoms with van der Waals surface area (Å²) in [7, 11) is 0. The van der Waals surface area contributed by atoms with E-state index in [1.165, 1.54) is 5.56 Å². The molecule has 12 heavy (non-hydrogen) atoms. The predicted octanol–water partition coefficient (Wildman–Crippen LogP) is 2.98. The second-order valence-electron chi connectivity index (χ2n) is 2.92. The smallest absolute Gasteiger partial charge is 0.00277 e. The molecule has 1 aliphatic rings. The van der Waals surface area contributed by atoms with Gasteiger partial charge in [0.1, 0.15) is 0 Å².